The van der Waals surface area contributed by atoms with Gasteiger partial charge in [0.1, 0.15) is 0 Å². The first-order chi connectivity index (χ1) is 8.25. The number of rotatable bonds is 8. The fraction of sp³-hybridized carbons (Fsp3) is 0.571. The molecule has 0 fully saturated rings. The SMILES string of the molecule is CCCCOCCN[C@H](C)c1ccccc1Cl. The largest absolute Gasteiger partial charge is 0.380 e. The molecule has 0 unspecified atom stereocenters. The van der Waals surface area contributed by atoms with Crippen molar-refractivity contribution in [2.24, 2.45) is 0 Å². The minimum Gasteiger partial charge on any atom is -0.380 e. The fourth-order valence-corrected chi connectivity index (χ4v) is 1.93. The third kappa shape index (κ3) is 5.53. The Morgan fingerprint density at radius 1 is 1.29 bits per heavy atom. The highest BCUT2D eigenvalue weighted by atomic mass is 35.5. The molecule has 0 radical (unpaired) electrons. The average Bonchev–Trinajstić information content (AvgIpc) is 2.34. The van der Waals surface area contributed by atoms with Gasteiger partial charge in [0.2, 0.25) is 0 Å². The zero-order chi connectivity index (χ0) is 12.5. The van der Waals surface area contributed by atoms with Gasteiger partial charge in [0.15, 0.2) is 0 Å². The van der Waals surface area contributed by atoms with E-state index in [-0.39, 0.29) is 6.04 Å². The van der Waals surface area contributed by atoms with Crippen molar-refractivity contribution in [2.45, 2.75) is 32.7 Å². The van der Waals surface area contributed by atoms with E-state index in [0.29, 0.717) is 0 Å². The Balaban J connectivity index is 2.21. The van der Waals surface area contributed by atoms with Gasteiger partial charge in [-0.15, -0.1) is 0 Å². The molecule has 0 heterocycles. The normalized spacial score (nSPS) is 12.6. The first-order valence-corrected chi connectivity index (χ1v) is 6.69. The Kier molecular flexibility index (Phi) is 7.25. The summed E-state index contributed by atoms with van der Waals surface area (Å²) in [6.45, 7) is 6.76. The molecule has 0 aliphatic rings. The lowest BCUT2D eigenvalue weighted by Gasteiger charge is -2.15. The van der Waals surface area contributed by atoms with Crippen LogP contribution in [-0.4, -0.2) is 19.8 Å². The Hall–Kier alpha value is -0.570. The summed E-state index contributed by atoms with van der Waals surface area (Å²) in [5.74, 6) is 0. The molecule has 0 aromatic heterocycles. The number of hydrogen-bond acceptors (Lipinski definition) is 2. The first kappa shape index (κ1) is 14.5. The van der Waals surface area contributed by atoms with E-state index in [1.165, 1.54) is 6.42 Å². The standard InChI is InChI=1S/C14H22ClNO/c1-3-4-10-17-11-9-16-12(2)13-7-5-6-8-14(13)15/h5-8,12,16H,3-4,9-11H2,1-2H3/t12-/m1/s1. The molecule has 0 amide bonds. The molecule has 2 nitrogen and oxygen atoms in total. The highest BCUT2D eigenvalue weighted by molar-refractivity contribution is 6.31. The highest BCUT2D eigenvalue weighted by Crippen LogP contribution is 2.21. The maximum atomic E-state index is 6.13. The summed E-state index contributed by atoms with van der Waals surface area (Å²) in [6, 6.07) is 8.20. The van der Waals surface area contributed by atoms with Crippen LogP contribution < -0.4 is 5.32 Å². The van der Waals surface area contributed by atoms with Crippen molar-refractivity contribution >= 4 is 11.6 Å². The molecular formula is C14H22ClNO. The third-order valence-corrected chi connectivity index (χ3v) is 3.06. The molecular weight excluding hydrogens is 234 g/mol. The molecule has 0 aliphatic carbocycles. The Bertz CT molecular complexity index is 317. The second-order valence-electron chi connectivity index (χ2n) is 4.16. The van der Waals surface area contributed by atoms with Crippen molar-refractivity contribution in [1.82, 2.24) is 5.32 Å². The molecule has 3 heteroatoms. The van der Waals surface area contributed by atoms with Crippen molar-refractivity contribution in [3.8, 4) is 0 Å². The Labute approximate surface area is 109 Å². The first-order valence-electron chi connectivity index (χ1n) is 6.31. The van der Waals surface area contributed by atoms with E-state index in [9.17, 15) is 0 Å². The summed E-state index contributed by atoms with van der Waals surface area (Å²) in [7, 11) is 0. The summed E-state index contributed by atoms with van der Waals surface area (Å²) < 4.78 is 5.50. The van der Waals surface area contributed by atoms with E-state index < -0.39 is 0 Å². The molecule has 1 aromatic rings. The summed E-state index contributed by atoms with van der Waals surface area (Å²) in [4.78, 5) is 0. The van der Waals surface area contributed by atoms with Gasteiger partial charge in [0.05, 0.1) is 6.61 Å². The second kappa shape index (κ2) is 8.51. The average molecular weight is 256 g/mol. The van der Waals surface area contributed by atoms with Crippen LogP contribution in [0.4, 0.5) is 0 Å². The van der Waals surface area contributed by atoms with Gasteiger partial charge in [-0.25, -0.2) is 0 Å². The summed E-state index contributed by atoms with van der Waals surface area (Å²) in [5.41, 5.74) is 1.14. The van der Waals surface area contributed by atoms with Crippen molar-refractivity contribution in [1.29, 1.82) is 0 Å². The second-order valence-corrected chi connectivity index (χ2v) is 4.57. The summed E-state index contributed by atoms with van der Waals surface area (Å²) >= 11 is 6.13. The zero-order valence-electron chi connectivity index (χ0n) is 10.7. The Morgan fingerprint density at radius 3 is 2.76 bits per heavy atom. The summed E-state index contributed by atoms with van der Waals surface area (Å²) in [6.07, 6.45) is 2.32. The van der Waals surface area contributed by atoms with Crippen LogP contribution in [0.1, 0.15) is 38.3 Å². The maximum Gasteiger partial charge on any atom is 0.0591 e. The van der Waals surface area contributed by atoms with Gasteiger partial charge < -0.3 is 10.1 Å². The highest BCUT2D eigenvalue weighted by Gasteiger charge is 2.07. The molecule has 1 atom stereocenters. The predicted molar refractivity (Wildman–Crippen MR) is 73.6 cm³/mol. The van der Waals surface area contributed by atoms with Crippen LogP contribution in [-0.2, 0) is 4.74 Å². The minimum absolute atomic E-state index is 0.262. The van der Waals surface area contributed by atoms with Crippen molar-refractivity contribution in [3.05, 3.63) is 34.9 Å². The fourth-order valence-electron chi connectivity index (χ4n) is 1.63. The smallest absolute Gasteiger partial charge is 0.0591 e. The molecule has 0 saturated carbocycles. The van der Waals surface area contributed by atoms with Gasteiger partial charge >= 0.3 is 0 Å². The lowest BCUT2D eigenvalue weighted by Crippen LogP contribution is -2.23. The Morgan fingerprint density at radius 2 is 2.06 bits per heavy atom. The maximum absolute atomic E-state index is 6.13. The van der Waals surface area contributed by atoms with Crippen LogP contribution in [0, 0.1) is 0 Å². The molecule has 1 rings (SSSR count). The lowest BCUT2D eigenvalue weighted by molar-refractivity contribution is 0.131. The molecule has 96 valence electrons. The van der Waals surface area contributed by atoms with E-state index in [1.54, 1.807) is 0 Å². The van der Waals surface area contributed by atoms with Gasteiger partial charge in [-0.1, -0.05) is 43.1 Å². The monoisotopic (exact) mass is 255 g/mol. The predicted octanol–water partition coefficient (Wildman–Crippen LogP) is 3.81. The van der Waals surface area contributed by atoms with Crippen LogP contribution in [0.5, 0.6) is 0 Å². The summed E-state index contributed by atoms with van der Waals surface area (Å²) in [5, 5.41) is 4.23. The molecule has 0 bridgehead atoms. The molecule has 1 aromatic carbocycles. The van der Waals surface area contributed by atoms with E-state index in [2.05, 4.69) is 25.2 Å². The quantitative estimate of drug-likeness (QED) is 0.714. The lowest BCUT2D eigenvalue weighted by atomic mass is 10.1. The molecule has 0 aliphatic heterocycles. The van der Waals surface area contributed by atoms with E-state index >= 15 is 0 Å². The number of nitrogens with one attached hydrogen (secondary N) is 1. The zero-order valence-corrected chi connectivity index (χ0v) is 11.5. The van der Waals surface area contributed by atoms with Crippen molar-refractivity contribution in [2.75, 3.05) is 19.8 Å². The van der Waals surface area contributed by atoms with E-state index in [0.717, 1.165) is 36.8 Å². The van der Waals surface area contributed by atoms with Crippen molar-refractivity contribution in [3.63, 3.8) is 0 Å². The molecule has 1 N–H and O–H groups in total. The van der Waals surface area contributed by atoms with Crippen LogP contribution in [0.2, 0.25) is 5.02 Å². The number of halogens is 1. The van der Waals surface area contributed by atoms with E-state index in [4.69, 9.17) is 16.3 Å². The van der Waals surface area contributed by atoms with E-state index in [1.807, 2.05) is 18.2 Å². The number of hydrogen-bond donors (Lipinski definition) is 1. The van der Waals surface area contributed by atoms with Crippen molar-refractivity contribution < 1.29 is 4.74 Å². The van der Waals surface area contributed by atoms with Gasteiger partial charge in [-0.3, -0.25) is 0 Å². The van der Waals surface area contributed by atoms with Crippen LogP contribution in [0.25, 0.3) is 0 Å². The topological polar surface area (TPSA) is 21.3 Å². The number of ether oxygens (including phenoxy) is 1. The van der Waals surface area contributed by atoms with Crippen LogP contribution >= 0.6 is 11.6 Å². The van der Waals surface area contributed by atoms with Gasteiger partial charge in [0, 0.05) is 24.2 Å². The van der Waals surface area contributed by atoms with Gasteiger partial charge in [0.25, 0.3) is 0 Å². The molecule has 0 saturated heterocycles. The van der Waals surface area contributed by atoms with Gasteiger partial charge in [-0.2, -0.15) is 0 Å². The molecule has 0 spiro atoms. The number of unbranched alkanes of at least 4 members (excludes halogenated alkanes) is 1. The molecule has 17 heavy (non-hydrogen) atoms. The number of benzene rings is 1. The van der Waals surface area contributed by atoms with Crippen LogP contribution in [0.15, 0.2) is 24.3 Å². The van der Waals surface area contributed by atoms with Gasteiger partial charge in [-0.05, 0) is 25.0 Å². The van der Waals surface area contributed by atoms with Crippen LogP contribution in [0.3, 0.4) is 0 Å². The third-order valence-electron chi connectivity index (χ3n) is 2.71. The minimum atomic E-state index is 0.262.